The Morgan fingerprint density at radius 2 is 1.93 bits per heavy atom. The summed E-state index contributed by atoms with van der Waals surface area (Å²) in [6.07, 6.45) is 10.4. The lowest BCUT2D eigenvalue weighted by atomic mass is 10.0. The zero-order valence-corrected chi connectivity index (χ0v) is 16.4. The second-order valence-corrected chi connectivity index (χ2v) is 8.14. The van der Waals surface area contributed by atoms with E-state index in [1.807, 2.05) is 16.5 Å². The van der Waals surface area contributed by atoms with E-state index < -0.39 is 0 Å². The number of rotatable bonds is 5. The number of carbonyl (C=O) groups is 1. The van der Waals surface area contributed by atoms with Crippen molar-refractivity contribution in [2.24, 2.45) is 0 Å². The number of piperidine rings is 1. The standard InChI is InChI=1S/C20H30N6O/c1-14-15(2)21-22-18(14)7-8-20(27)25-11-9-17(10-12-25)26-13-19(23-24-26)16-5-3-4-6-16/h13,16-17H,3-12H2,1-2H3,(H,21,22). The van der Waals surface area contributed by atoms with Crippen molar-refractivity contribution in [2.75, 3.05) is 13.1 Å². The Morgan fingerprint density at radius 1 is 1.19 bits per heavy atom. The summed E-state index contributed by atoms with van der Waals surface area (Å²) in [6, 6.07) is 0.368. The van der Waals surface area contributed by atoms with Gasteiger partial charge < -0.3 is 4.90 Å². The maximum atomic E-state index is 12.6. The Hall–Kier alpha value is -2.18. The fourth-order valence-electron chi connectivity index (χ4n) is 4.42. The van der Waals surface area contributed by atoms with E-state index in [9.17, 15) is 4.79 Å². The fourth-order valence-corrected chi connectivity index (χ4v) is 4.42. The first kappa shape index (κ1) is 18.2. The largest absolute Gasteiger partial charge is 0.343 e. The molecule has 7 heteroatoms. The Balaban J connectivity index is 1.27. The molecule has 146 valence electrons. The number of nitrogens with one attached hydrogen (secondary N) is 1. The van der Waals surface area contributed by atoms with Gasteiger partial charge in [-0.3, -0.25) is 9.89 Å². The Labute approximate surface area is 160 Å². The van der Waals surface area contributed by atoms with Crippen LogP contribution in [0.4, 0.5) is 0 Å². The van der Waals surface area contributed by atoms with E-state index in [2.05, 4.69) is 33.6 Å². The summed E-state index contributed by atoms with van der Waals surface area (Å²) in [6.45, 7) is 5.68. The third-order valence-electron chi connectivity index (χ3n) is 6.42. The number of hydrogen-bond acceptors (Lipinski definition) is 4. The van der Waals surface area contributed by atoms with Gasteiger partial charge in [0.2, 0.25) is 5.91 Å². The molecule has 1 saturated carbocycles. The van der Waals surface area contributed by atoms with Crippen molar-refractivity contribution in [2.45, 2.75) is 77.2 Å². The summed E-state index contributed by atoms with van der Waals surface area (Å²) in [7, 11) is 0. The van der Waals surface area contributed by atoms with Crippen LogP contribution in [0.15, 0.2) is 6.20 Å². The number of amides is 1. The first-order chi connectivity index (χ1) is 13.1. The summed E-state index contributed by atoms with van der Waals surface area (Å²) < 4.78 is 2.05. The number of aryl methyl sites for hydroxylation is 2. The SMILES string of the molecule is Cc1[nH]nc(CCC(=O)N2CCC(n3cc(C4CCCC4)nn3)CC2)c1C. The monoisotopic (exact) mass is 370 g/mol. The highest BCUT2D eigenvalue weighted by molar-refractivity contribution is 5.76. The average Bonchev–Trinajstić information content (AvgIpc) is 3.43. The van der Waals surface area contributed by atoms with Crippen LogP contribution >= 0.6 is 0 Å². The van der Waals surface area contributed by atoms with Gasteiger partial charge in [-0.1, -0.05) is 18.1 Å². The van der Waals surface area contributed by atoms with Crippen molar-refractivity contribution < 1.29 is 4.79 Å². The molecule has 2 aromatic rings. The Bertz CT molecular complexity index is 780. The third-order valence-corrected chi connectivity index (χ3v) is 6.42. The predicted octanol–water partition coefficient (Wildman–Crippen LogP) is 3.07. The minimum Gasteiger partial charge on any atom is -0.343 e. The van der Waals surface area contributed by atoms with E-state index in [-0.39, 0.29) is 5.91 Å². The van der Waals surface area contributed by atoms with Gasteiger partial charge in [-0.2, -0.15) is 5.10 Å². The molecule has 1 aliphatic heterocycles. The van der Waals surface area contributed by atoms with Crippen LogP contribution in [0.5, 0.6) is 0 Å². The lowest BCUT2D eigenvalue weighted by Gasteiger charge is -2.32. The normalized spacial score (nSPS) is 19.1. The number of aromatic nitrogens is 5. The first-order valence-electron chi connectivity index (χ1n) is 10.3. The molecule has 2 aromatic heterocycles. The van der Waals surface area contributed by atoms with Gasteiger partial charge in [0.05, 0.1) is 17.4 Å². The summed E-state index contributed by atoms with van der Waals surface area (Å²) >= 11 is 0. The molecule has 1 saturated heterocycles. The van der Waals surface area contributed by atoms with Gasteiger partial charge in [0.25, 0.3) is 0 Å². The van der Waals surface area contributed by atoms with Crippen molar-refractivity contribution in [3.8, 4) is 0 Å². The van der Waals surface area contributed by atoms with Gasteiger partial charge in [-0.25, -0.2) is 4.68 Å². The number of aromatic amines is 1. The molecule has 0 atom stereocenters. The molecule has 0 bridgehead atoms. The maximum absolute atomic E-state index is 12.6. The molecule has 27 heavy (non-hydrogen) atoms. The van der Waals surface area contributed by atoms with Crippen LogP contribution in [0.3, 0.4) is 0 Å². The Morgan fingerprint density at radius 3 is 2.59 bits per heavy atom. The topological polar surface area (TPSA) is 79.7 Å². The molecule has 1 amide bonds. The molecule has 0 unspecified atom stereocenters. The summed E-state index contributed by atoms with van der Waals surface area (Å²) in [5, 5.41) is 16.1. The van der Waals surface area contributed by atoms with E-state index in [0.29, 0.717) is 24.8 Å². The maximum Gasteiger partial charge on any atom is 0.222 e. The van der Waals surface area contributed by atoms with Crippen LogP contribution in [-0.2, 0) is 11.2 Å². The van der Waals surface area contributed by atoms with E-state index >= 15 is 0 Å². The van der Waals surface area contributed by atoms with E-state index in [1.165, 1.54) is 31.2 Å². The molecule has 0 spiro atoms. The molecule has 2 fully saturated rings. The molecule has 1 aliphatic carbocycles. The molecule has 4 rings (SSSR count). The molecular weight excluding hydrogens is 340 g/mol. The predicted molar refractivity (Wildman–Crippen MR) is 102 cm³/mol. The number of hydrogen-bond donors (Lipinski definition) is 1. The van der Waals surface area contributed by atoms with Gasteiger partial charge in [-0.15, -0.1) is 5.10 Å². The summed E-state index contributed by atoms with van der Waals surface area (Å²) in [5.41, 5.74) is 4.43. The zero-order chi connectivity index (χ0) is 18.8. The lowest BCUT2D eigenvalue weighted by molar-refractivity contribution is -0.132. The third kappa shape index (κ3) is 3.92. The second kappa shape index (κ2) is 7.82. The molecule has 3 heterocycles. The number of H-pyrrole nitrogens is 1. The second-order valence-electron chi connectivity index (χ2n) is 8.14. The summed E-state index contributed by atoms with van der Waals surface area (Å²) in [4.78, 5) is 14.6. The van der Waals surface area contributed by atoms with Gasteiger partial charge in [0, 0.05) is 43.7 Å². The van der Waals surface area contributed by atoms with Crippen LogP contribution in [0, 0.1) is 13.8 Å². The molecule has 1 N–H and O–H groups in total. The lowest BCUT2D eigenvalue weighted by Crippen LogP contribution is -2.39. The molecule has 2 aliphatic rings. The van der Waals surface area contributed by atoms with E-state index in [4.69, 9.17) is 0 Å². The van der Waals surface area contributed by atoms with E-state index in [1.54, 1.807) is 0 Å². The smallest absolute Gasteiger partial charge is 0.222 e. The molecule has 0 radical (unpaired) electrons. The van der Waals surface area contributed by atoms with Gasteiger partial charge >= 0.3 is 0 Å². The molecular formula is C20H30N6O. The molecule has 7 nitrogen and oxygen atoms in total. The number of nitrogens with zero attached hydrogens (tertiary/aromatic N) is 5. The number of likely N-dealkylation sites (tertiary alicyclic amines) is 1. The van der Waals surface area contributed by atoms with Crippen LogP contribution in [0.1, 0.15) is 79.6 Å². The van der Waals surface area contributed by atoms with Gasteiger partial charge in [0.15, 0.2) is 0 Å². The highest BCUT2D eigenvalue weighted by atomic mass is 16.2. The quantitative estimate of drug-likeness (QED) is 0.877. The fraction of sp³-hybridized carbons (Fsp3) is 0.700. The van der Waals surface area contributed by atoms with Crippen LogP contribution in [-0.4, -0.2) is 49.1 Å². The van der Waals surface area contributed by atoms with Crippen LogP contribution in [0.25, 0.3) is 0 Å². The minimum atomic E-state index is 0.235. The number of carbonyl (C=O) groups excluding carboxylic acids is 1. The van der Waals surface area contributed by atoms with E-state index in [0.717, 1.165) is 43.0 Å². The Kier molecular flexibility index (Phi) is 5.27. The van der Waals surface area contributed by atoms with Gasteiger partial charge in [0.1, 0.15) is 0 Å². The van der Waals surface area contributed by atoms with Crippen molar-refractivity contribution in [3.63, 3.8) is 0 Å². The minimum absolute atomic E-state index is 0.235. The van der Waals surface area contributed by atoms with Crippen LogP contribution < -0.4 is 0 Å². The van der Waals surface area contributed by atoms with Crippen molar-refractivity contribution in [3.05, 3.63) is 28.8 Å². The first-order valence-corrected chi connectivity index (χ1v) is 10.3. The van der Waals surface area contributed by atoms with Crippen LogP contribution in [0.2, 0.25) is 0 Å². The average molecular weight is 371 g/mol. The zero-order valence-electron chi connectivity index (χ0n) is 16.4. The highest BCUT2D eigenvalue weighted by Crippen LogP contribution is 2.33. The van der Waals surface area contributed by atoms with Gasteiger partial charge in [-0.05, 0) is 45.1 Å². The van der Waals surface area contributed by atoms with Crippen molar-refractivity contribution in [1.82, 2.24) is 30.1 Å². The highest BCUT2D eigenvalue weighted by Gasteiger charge is 2.26. The summed E-state index contributed by atoms with van der Waals surface area (Å²) in [5.74, 6) is 0.841. The molecule has 0 aromatic carbocycles. The van der Waals surface area contributed by atoms with Crippen molar-refractivity contribution in [1.29, 1.82) is 0 Å². The van der Waals surface area contributed by atoms with Crippen molar-refractivity contribution >= 4 is 5.91 Å².